The highest BCUT2D eigenvalue weighted by atomic mass is 35.5. The average Bonchev–Trinajstić information content (AvgIpc) is 2.88. The zero-order valence-corrected chi connectivity index (χ0v) is 11.3. The first-order valence-electron chi connectivity index (χ1n) is 5.89. The van der Waals surface area contributed by atoms with E-state index in [-0.39, 0.29) is 11.6 Å². The topological polar surface area (TPSA) is 72.0 Å². The number of pyridine rings is 1. The zero-order valence-electron chi connectivity index (χ0n) is 10.5. The van der Waals surface area contributed by atoms with Crippen LogP contribution in [0, 0.1) is 6.92 Å². The molecule has 1 N–H and O–H groups in total. The van der Waals surface area contributed by atoms with Crippen molar-refractivity contribution in [2.45, 2.75) is 6.92 Å². The Morgan fingerprint density at radius 1 is 1.20 bits per heavy atom. The fraction of sp³-hybridized carbons (Fsp3) is 0.0714. The fourth-order valence-corrected chi connectivity index (χ4v) is 2.02. The number of hydrogen-bond donors (Lipinski definition) is 1. The Kier molecular flexibility index (Phi) is 3.12. The fourth-order valence-electron chi connectivity index (χ4n) is 1.85. The number of aryl methyl sites for hydroxylation is 1. The Hall–Kier alpha value is -2.40. The predicted octanol–water partition coefficient (Wildman–Crippen LogP) is 3.47. The van der Waals surface area contributed by atoms with Crippen molar-refractivity contribution in [3.05, 3.63) is 47.2 Å². The van der Waals surface area contributed by atoms with Crippen LogP contribution in [0.1, 0.15) is 5.56 Å². The van der Waals surface area contributed by atoms with Gasteiger partial charge in [0.15, 0.2) is 0 Å². The quantitative estimate of drug-likeness (QED) is 0.781. The van der Waals surface area contributed by atoms with Crippen LogP contribution in [0.25, 0.3) is 22.8 Å². The van der Waals surface area contributed by atoms with Gasteiger partial charge in [0.05, 0.1) is 5.56 Å². The molecule has 20 heavy (non-hydrogen) atoms. The lowest BCUT2D eigenvalue weighted by molar-refractivity contribution is 0.425. The van der Waals surface area contributed by atoms with Gasteiger partial charge in [-0.25, -0.2) is 0 Å². The van der Waals surface area contributed by atoms with Gasteiger partial charge in [0.2, 0.25) is 5.82 Å². The normalized spacial score (nSPS) is 10.7. The molecule has 0 unspecified atom stereocenters. The van der Waals surface area contributed by atoms with Crippen LogP contribution in [0.5, 0.6) is 5.75 Å². The van der Waals surface area contributed by atoms with Gasteiger partial charge in [-0.05, 0) is 36.8 Å². The summed E-state index contributed by atoms with van der Waals surface area (Å²) >= 11 is 5.79. The van der Waals surface area contributed by atoms with E-state index in [1.807, 2.05) is 13.0 Å². The molecule has 0 aliphatic rings. The molecule has 0 bridgehead atoms. The number of phenols is 1. The third-order valence-corrected chi connectivity index (χ3v) is 3.11. The minimum Gasteiger partial charge on any atom is -0.507 e. The minimum absolute atomic E-state index is 0.000787. The van der Waals surface area contributed by atoms with Gasteiger partial charge in [0.25, 0.3) is 5.89 Å². The molecule has 0 spiro atoms. The van der Waals surface area contributed by atoms with Gasteiger partial charge in [-0.15, -0.1) is 0 Å². The highest BCUT2D eigenvalue weighted by molar-refractivity contribution is 6.30. The van der Waals surface area contributed by atoms with Crippen LogP contribution in [-0.4, -0.2) is 20.2 Å². The van der Waals surface area contributed by atoms with E-state index in [4.69, 9.17) is 16.1 Å². The summed E-state index contributed by atoms with van der Waals surface area (Å²) in [6.07, 6.45) is 3.39. The molecular weight excluding hydrogens is 278 g/mol. The number of benzene rings is 1. The summed E-state index contributed by atoms with van der Waals surface area (Å²) in [5.41, 5.74) is 2.23. The number of aromatic hydroxyl groups is 1. The molecule has 2 heterocycles. The Bertz CT molecular complexity index is 771. The van der Waals surface area contributed by atoms with Gasteiger partial charge < -0.3 is 9.63 Å². The molecular formula is C14H10ClN3O2. The van der Waals surface area contributed by atoms with E-state index in [1.54, 1.807) is 24.5 Å². The van der Waals surface area contributed by atoms with Gasteiger partial charge in [-0.2, -0.15) is 4.98 Å². The SMILES string of the molecule is Cc1cnccc1-c1noc(-c2ccc(Cl)cc2O)n1. The second kappa shape index (κ2) is 4.94. The van der Waals surface area contributed by atoms with Crippen molar-refractivity contribution in [3.8, 4) is 28.6 Å². The smallest absolute Gasteiger partial charge is 0.261 e. The Morgan fingerprint density at radius 3 is 2.80 bits per heavy atom. The van der Waals surface area contributed by atoms with Crippen LogP contribution in [0.3, 0.4) is 0 Å². The lowest BCUT2D eigenvalue weighted by Crippen LogP contribution is -1.86. The van der Waals surface area contributed by atoms with Crippen molar-refractivity contribution in [2.75, 3.05) is 0 Å². The summed E-state index contributed by atoms with van der Waals surface area (Å²) in [6.45, 7) is 1.91. The largest absolute Gasteiger partial charge is 0.507 e. The maximum absolute atomic E-state index is 9.86. The van der Waals surface area contributed by atoms with Gasteiger partial charge in [0.1, 0.15) is 5.75 Å². The summed E-state index contributed by atoms with van der Waals surface area (Å²) in [7, 11) is 0. The molecule has 2 aromatic heterocycles. The van der Waals surface area contributed by atoms with E-state index < -0.39 is 0 Å². The number of rotatable bonds is 2. The molecule has 0 saturated heterocycles. The van der Waals surface area contributed by atoms with Crippen molar-refractivity contribution in [3.63, 3.8) is 0 Å². The van der Waals surface area contributed by atoms with E-state index in [0.717, 1.165) is 11.1 Å². The zero-order chi connectivity index (χ0) is 14.1. The number of phenolic OH excluding ortho intramolecular Hbond substituents is 1. The molecule has 0 amide bonds. The molecule has 1 aromatic carbocycles. The molecule has 0 aliphatic heterocycles. The van der Waals surface area contributed by atoms with Gasteiger partial charge >= 0.3 is 0 Å². The van der Waals surface area contributed by atoms with Crippen molar-refractivity contribution in [1.82, 2.24) is 15.1 Å². The van der Waals surface area contributed by atoms with E-state index >= 15 is 0 Å². The summed E-state index contributed by atoms with van der Waals surface area (Å²) in [5.74, 6) is 0.693. The highest BCUT2D eigenvalue weighted by Gasteiger charge is 2.15. The first kappa shape index (κ1) is 12.6. The Morgan fingerprint density at radius 2 is 2.05 bits per heavy atom. The number of aromatic nitrogens is 3. The van der Waals surface area contributed by atoms with E-state index in [1.165, 1.54) is 6.07 Å². The Labute approximate surface area is 119 Å². The van der Waals surface area contributed by atoms with Crippen molar-refractivity contribution < 1.29 is 9.63 Å². The van der Waals surface area contributed by atoms with Crippen LogP contribution in [0.2, 0.25) is 5.02 Å². The second-order valence-electron chi connectivity index (χ2n) is 4.28. The van der Waals surface area contributed by atoms with E-state index in [2.05, 4.69) is 15.1 Å². The van der Waals surface area contributed by atoms with Crippen molar-refractivity contribution in [1.29, 1.82) is 0 Å². The first-order valence-corrected chi connectivity index (χ1v) is 6.26. The van der Waals surface area contributed by atoms with Gasteiger partial charge in [-0.1, -0.05) is 16.8 Å². The number of nitrogens with zero attached hydrogens (tertiary/aromatic N) is 3. The van der Waals surface area contributed by atoms with Gasteiger partial charge in [0, 0.05) is 23.0 Å². The molecule has 0 saturated carbocycles. The van der Waals surface area contributed by atoms with E-state index in [9.17, 15) is 5.11 Å². The lowest BCUT2D eigenvalue weighted by Gasteiger charge is -1.99. The van der Waals surface area contributed by atoms with E-state index in [0.29, 0.717) is 16.4 Å². The summed E-state index contributed by atoms with van der Waals surface area (Å²) in [5, 5.41) is 14.2. The van der Waals surface area contributed by atoms with Crippen LogP contribution in [0.4, 0.5) is 0 Å². The number of hydrogen-bond acceptors (Lipinski definition) is 5. The predicted molar refractivity (Wildman–Crippen MR) is 74.4 cm³/mol. The standard InChI is InChI=1S/C14H10ClN3O2/c1-8-7-16-5-4-10(8)13-17-14(20-18-13)11-3-2-9(15)6-12(11)19/h2-7,19H,1H3. The monoisotopic (exact) mass is 287 g/mol. The summed E-state index contributed by atoms with van der Waals surface area (Å²) in [4.78, 5) is 8.31. The van der Waals surface area contributed by atoms with Crippen LogP contribution in [0.15, 0.2) is 41.2 Å². The third kappa shape index (κ3) is 2.23. The van der Waals surface area contributed by atoms with Crippen molar-refractivity contribution in [2.24, 2.45) is 0 Å². The van der Waals surface area contributed by atoms with Crippen LogP contribution < -0.4 is 0 Å². The maximum atomic E-state index is 9.86. The molecule has 5 nitrogen and oxygen atoms in total. The molecule has 0 fully saturated rings. The number of halogens is 1. The molecule has 0 atom stereocenters. The van der Waals surface area contributed by atoms with Crippen molar-refractivity contribution >= 4 is 11.6 Å². The molecule has 3 rings (SSSR count). The molecule has 0 aliphatic carbocycles. The molecule has 6 heteroatoms. The first-order chi connectivity index (χ1) is 9.65. The van der Waals surface area contributed by atoms with Crippen LogP contribution in [-0.2, 0) is 0 Å². The molecule has 3 aromatic rings. The molecule has 0 radical (unpaired) electrons. The van der Waals surface area contributed by atoms with Crippen LogP contribution >= 0.6 is 11.6 Å². The highest BCUT2D eigenvalue weighted by Crippen LogP contribution is 2.31. The minimum atomic E-state index is -0.000787. The third-order valence-electron chi connectivity index (χ3n) is 2.88. The summed E-state index contributed by atoms with van der Waals surface area (Å²) in [6, 6.07) is 6.52. The lowest BCUT2D eigenvalue weighted by atomic mass is 10.1. The molecule has 100 valence electrons. The Balaban J connectivity index is 2.04. The van der Waals surface area contributed by atoms with Gasteiger partial charge in [-0.3, -0.25) is 4.98 Å². The summed E-state index contributed by atoms with van der Waals surface area (Å²) < 4.78 is 5.20. The second-order valence-corrected chi connectivity index (χ2v) is 4.71. The average molecular weight is 288 g/mol. The maximum Gasteiger partial charge on any atom is 0.261 e.